The maximum Gasteiger partial charge on any atom is 0.338 e. The highest BCUT2D eigenvalue weighted by Crippen LogP contribution is 2.43. The van der Waals surface area contributed by atoms with E-state index >= 15 is 0 Å². The van der Waals surface area contributed by atoms with Crippen molar-refractivity contribution >= 4 is 33.8 Å². The molecule has 2 aromatic carbocycles. The van der Waals surface area contributed by atoms with E-state index in [1.165, 1.54) is 49.1 Å². The van der Waals surface area contributed by atoms with Crippen molar-refractivity contribution in [3.63, 3.8) is 0 Å². The number of hydrogen-bond donors (Lipinski definition) is 2. The molecular formula is C28H34N4O2S. The van der Waals surface area contributed by atoms with Gasteiger partial charge in [0, 0.05) is 24.2 Å². The topological polar surface area (TPSA) is 78.3 Å². The zero-order chi connectivity index (χ0) is 24.4. The third-order valence-electron chi connectivity index (χ3n) is 6.97. The van der Waals surface area contributed by atoms with Crippen molar-refractivity contribution in [2.75, 3.05) is 16.8 Å². The fraction of sp³-hybridized carbons (Fsp3) is 0.464. The van der Waals surface area contributed by atoms with Crippen LogP contribution in [0.5, 0.6) is 0 Å². The molecule has 3 aromatic rings. The molecular weight excluding hydrogens is 456 g/mol. The zero-order valence-corrected chi connectivity index (χ0v) is 21.4. The molecule has 2 fully saturated rings. The van der Waals surface area contributed by atoms with Crippen LogP contribution >= 0.6 is 11.3 Å². The van der Waals surface area contributed by atoms with E-state index in [2.05, 4.69) is 58.5 Å². The van der Waals surface area contributed by atoms with Crippen LogP contribution in [0.1, 0.15) is 80.1 Å². The molecule has 6 nitrogen and oxygen atoms in total. The zero-order valence-electron chi connectivity index (χ0n) is 20.5. The molecule has 0 atom stereocenters. The number of benzene rings is 2. The van der Waals surface area contributed by atoms with Gasteiger partial charge >= 0.3 is 5.97 Å². The number of carbonyl (C=O) groups is 1. The SMILES string of the molecule is CC(C)CN(c1ccc(-c2cccc(Nc3nnc(C4CC4)s3)c2C(=O)O)cc1)C1CCCCC1. The second kappa shape index (κ2) is 10.4. The van der Waals surface area contributed by atoms with E-state index in [-0.39, 0.29) is 5.56 Å². The number of nitrogens with one attached hydrogen (secondary N) is 1. The number of nitrogens with zero attached hydrogens (tertiary/aromatic N) is 3. The largest absolute Gasteiger partial charge is 0.478 e. The Labute approximate surface area is 211 Å². The molecule has 0 radical (unpaired) electrons. The van der Waals surface area contributed by atoms with Crippen LogP contribution in [0.2, 0.25) is 0 Å². The number of anilines is 3. The molecule has 2 aliphatic rings. The Morgan fingerprint density at radius 3 is 2.46 bits per heavy atom. The lowest BCUT2D eigenvalue weighted by molar-refractivity contribution is 0.0699. The van der Waals surface area contributed by atoms with Gasteiger partial charge in [-0.2, -0.15) is 0 Å². The van der Waals surface area contributed by atoms with Crippen LogP contribution in [-0.2, 0) is 0 Å². The van der Waals surface area contributed by atoms with E-state index in [0.717, 1.165) is 30.0 Å². The van der Waals surface area contributed by atoms with Gasteiger partial charge in [-0.05, 0) is 60.9 Å². The normalized spacial score (nSPS) is 16.4. The Kier molecular flexibility index (Phi) is 7.04. The minimum atomic E-state index is -0.956. The first-order chi connectivity index (χ1) is 17.0. The van der Waals surface area contributed by atoms with E-state index in [0.29, 0.717) is 34.3 Å². The number of carboxylic acids is 1. The summed E-state index contributed by atoms with van der Waals surface area (Å²) in [4.78, 5) is 14.9. The van der Waals surface area contributed by atoms with Crippen LogP contribution in [0, 0.1) is 5.92 Å². The van der Waals surface area contributed by atoms with Crippen molar-refractivity contribution in [2.45, 2.75) is 70.8 Å². The lowest BCUT2D eigenvalue weighted by atomic mass is 9.92. The summed E-state index contributed by atoms with van der Waals surface area (Å²) >= 11 is 1.51. The molecule has 1 heterocycles. The molecule has 2 aliphatic carbocycles. The minimum Gasteiger partial charge on any atom is -0.478 e. The first kappa shape index (κ1) is 23.8. The average Bonchev–Trinajstić information content (AvgIpc) is 3.61. The highest BCUT2D eigenvalue weighted by atomic mass is 32.1. The maximum absolute atomic E-state index is 12.4. The number of hydrogen-bond acceptors (Lipinski definition) is 6. The van der Waals surface area contributed by atoms with Gasteiger partial charge in [-0.1, -0.05) is 68.7 Å². The van der Waals surface area contributed by atoms with Crippen LogP contribution in [0.4, 0.5) is 16.5 Å². The van der Waals surface area contributed by atoms with Gasteiger partial charge in [0.2, 0.25) is 5.13 Å². The average molecular weight is 491 g/mol. The van der Waals surface area contributed by atoms with Crippen molar-refractivity contribution in [3.05, 3.63) is 53.0 Å². The predicted molar refractivity (Wildman–Crippen MR) is 143 cm³/mol. The molecule has 184 valence electrons. The number of rotatable bonds is 9. The lowest BCUT2D eigenvalue weighted by Gasteiger charge is -2.37. The highest BCUT2D eigenvalue weighted by molar-refractivity contribution is 7.15. The fourth-order valence-electron chi connectivity index (χ4n) is 5.11. The summed E-state index contributed by atoms with van der Waals surface area (Å²) in [6.07, 6.45) is 8.77. The fourth-order valence-corrected chi connectivity index (χ4v) is 6.03. The van der Waals surface area contributed by atoms with Crippen molar-refractivity contribution in [1.82, 2.24) is 10.2 Å². The van der Waals surface area contributed by atoms with Gasteiger partial charge in [0.05, 0.1) is 11.3 Å². The molecule has 0 unspecified atom stereocenters. The van der Waals surface area contributed by atoms with Gasteiger partial charge in [0.25, 0.3) is 0 Å². The first-order valence-electron chi connectivity index (χ1n) is 12.8. The summed E-state index contributed by atoms with van der Waals surface area (Å²) in [7, 11) is 0. The third kappa shape index (κ3) is 5.50. The monoisotopic (exact) mass is 490 g/mol. The van der Waals surface area contributed by atoms with Crippen molar-refractivity contribution in [1.29, 1.82) is 0 Å². The van der Waals surface area contributed by atoms with E-state index in [1.54, 1.807) is 6.07 Å². The Balaban J connectivity index is 1.42. The maximum atomic E-state index is 12.4. The van der Waals surface area contributed by atoms with E-state index < -0.39 is 5.97 Å². The van der Waals surface area contributed by atoms with Gasteiger partial charge in [-0.3, -0.25) is 0 Å². The molecule has 2 saturated carbocycles. The quantitative estimate of drug-likeness (QED) is 0.327. The van der Waals surface area contributed by atoms with E-state index in [1.807, 2.05) is 12.1 Å². The second-order valence-electron chi connectivity index (χ2n) is 10.3. The standard InChI is InChI=1S/C28H34N4O2S/c1-18(2)17-32(21-7-4-3-5-8-21)22-15-13-19(14-16-22)23-9-6-10-24(25(23)27(33)34)29-28-31-30-26(35-28)20-11-12-20/h6,9-10,13-16,18,20-21H,3-5,7-8,11-12,17H2,1-2H3,(H,29,31)(H,33,34). The summed E-state index contributed by atoms with van der Waals surface area (Å²) in [6.45, 7) is 5.58. The van der Waals surface area contributed by atoms with Crippen LogP contribution in [0.3, 0.4) is 0 Å². The molecule has 0 bridgehead atoms. The van der Waals surface area contributed by atoms with Crippen LogP contribution in [0.15, 0.2) is 42.5 Å². The van der Waals surface area contributed by atoms with Gasteiger partial charge in [0.15, 0.2) is 0 Å². The van der Waals surface area contributed by atoms with Gasteiger partial charge < -0.3 is 15.3 Å². The molecule has 0 amide bonds. The summed E-state index contributed by atoms with van der Waals surface area (Å²) in [5.74, 6) is 0.150. The summed E-state index contributed by atoms with van der Waals surface area (Å²) < 4.78 is 0. The summed E-state index contributed by atoms with van der Waals surface area (Å²) in [5.41, 5.74) is 3.63. The number of carboxylic acid groups (broad SMARTS) is 1. The van der Waals surface area contributed by atoms with Crippen molar-refractivity contribution in [3.8, 4) is 11.1 Å². The smallest absolute Gasteiger partial charge is 0.338 e. The molecule has 1 aromatic heterocycles. The number of aromatic nitrogens is 2. The summed E-state index contributed by atoms with van der Waals surface area (Å²) in [5, 5.41) is 23.5. The van der Waals surface area contributed by atoms with Gasteiger partial charge in [-0.25, -0.2) is 4.79 Å². The molecule has 0 aliphatic heterocycles. The Morgan fingerprint density at radius 1 is 1.06 bits per heavy atom. The second-order valence-corrected chi connectivity index (χ2v) is 11.3. The first-order valence-corrected chi connectivity index (χ1v) is 13.6. The summed E-state index contributed by atoms with van der Waals surface area (Å²) in [6, 6.07) is 14.6. The lowest BCUT2D eigenvalue weighted by Crippen LogP contribution is -2.39. The predicted octanol–water partition coefficient (Wildman–Crippen LogP) is 7.32. The van der Waals surface area contributed by atoms with Gasteiger partial charge in [0.1, 0.15) is 5.01 Å². The van der Waals surface area contributed by atoms with Crippen molar-refractivity contribution in [2.24, 2.45) is 5.92 Å². The van der Waals surface area contributed by atoms with Gasteiger partial charge in [-0.15, -0.1) is 10.2 Å². The van der Waals surface area contributed by atoms with Crippen LogP contribution in [0.25, 0.3) is 11.1 Å². The number of aromatic carboxylic acids is 1. The molecule has 35 heavy (non-hydrogen) atoms. The highest BCUT2D eigenvalue weighted by Gasteiger charge is 2.28. The van der Waals surface area contributed by atoms with Crippen molar-refractivity contribution < 1.29 is 9.90 Å². The van der Waals surface area contributed by atoms with E-state index in [4.69, 9.17) is 0 Å². The Hall–Kier alpha value is -2.93. The molecule has 2 N–H and O–H groups in total. The molecule has 0 spiro atoms. The third-order valence-corrected chi connectivity index (χ3v) is 7.98. The molecule has 7 heteroatoms. The molecule has 0 saturated heterocycles. The van der Waals surface area contributed by atoms with Crippen LogP contribution in [-0.4, -0.2) is 33.9 Å². The van der Waals surface area contributed by atoms with E-state index in [9.17, 15) is 9.90 Å². The minimum absolute atomic E-state index is 0.259. The molecule has 5 rings (SSSR count). The Bertz CT molecular complexity index is 1160. The Morgan fingerprint density at radius 2 is 1.80 bits per heavy atom. The van der Waals surface area contributed by atoms with Crippen LogP contribution < -0.4 is 10.2 Å².